The summed E-state index contributed by atoms with van der Waals surface area (Å²) in [6, 6.07) is 7.47. The molecule has 0 aliphatic heterocycles. The topological polar surface area (TPSA) is 0 Å². The number of fused-ring (bicyclic) bond motifs is 1. The monoisotopic (exact) mass is 352 g/mol. The van der Waals surface area contributed by atoms with Crippen LogP contribution in [0.15, 0.2) is 33.2 Å². The van der Waals surface area contributed by atoms with Crippen molar-refractivity contribution in [3.8, 4) is 0 Å². The Morgan fingerprint density at radius 2 is 1.07 bits per heavy atom. The minimum atomic E-state index is 0.692. The second kappa shape index (κ2) is 4.01. The molecular formula is C10H4Br2Cl2. The summed E-state index contributed by atoms with van der Waals surface area (Å²) in [6.07, 6.45) is 0. The molecule has 0 N–H and O–H groups in total. The Hall–Kier alpha value is 0.240. The van der Waals surface area contributed by atoms with E-state index in [-0.39, 0.29) is 0 Å². The van der Waals surface area contributed by atoms with Crippen LogP contribution < -0.4 is 0 Å². The van der Waals surface area contributed by atoms with E-state index in [1.165, 1.54) is 0 Å². The molecule has 2 rings (SSSR count). The Balaban J connectivity index is 3.05. The Labute approximate surface area is 108 Å². The fourth-order valence-corrected chi connectivity index (χ4v) is 3.17. The first-order valence-electron chi connectivity index (χ1n) is 3.83. The Morgan fingerprint density at radius 1 is 0.714 bits per heavy atom. The molecule has 2 aromatic carbocycles. The molecule has 0 heterocycles. The minimum Gasteiger partial charge on any atom is -0.0836 e. The Bertz CT molecular complexity index is 420. The van der Waals surface area contributed by atoms with Gasteiger partial charge in [-0.25, -0.2) is 0 Å². The summed E-state index contributed by atoms with van der Waals surface area (Å²) >= 11 is 19.1. The quantitative estimate of drug-likeness (QED) is 0.571. The number of hydrogen-bond donors (Lipinski definition) is 0. The van der Waals surface area contributed by atoms with Gasteiger partial charge >= 0.3 is 0 Å². The van der Waals surface area contributed by atoms with Crippen molar-refractivity contribution in [2.45, 2.75) is 0 Å². The molecule has 0 aromatic heterocycles. The third kappa shape index (κ3) is 1.69. The van der Waals surface area contributed by atoms with Gasteiger partial charge in [0.1, 0.15) is 0 Å². The van der Waals surface area contributed by atoms with Crippen LogP contribution >= 0.6 is 55.1 Å². The van der Waals surface area contributed by atoms with Gasteiger partial charge in [0.15, 0.2) is 0 Å². The maximum atomic E-state index is 6.10. The SMILES string of the molecule is Clc1ccc(Br)c2c(Cl)ccc(Br)c12. The van der Waals surface area contributed by atoms with Crippen molar-refractivity contribution >= 4 is 65.8 Å². The molecule has 0 bridgehead atoms. The van der Waals surface area contributed by atoms with Crippen LogP contribution in [0.3, 0.4) is 0 Å². The summed E-state index contributed by atoms with van der Waals surface area (Å²) in [7, 11) is 0. The van der Waals surface area contributed by atoms with Gasteiger partial charge < -0.3 is 0 Å². The lowest BCUT2D eigenvalue weighted by Gasteiger charge is -2.07. The molecule has 0 atom stereocenters. The van der Waals surface area contributed by atoms with Crippen molar-refractivity contribution in [3.05, 3.63) is 43.3 Å². The van der Waals surface area contributed by atoms with Gasteiger partial charge in [0.25, 0.3) is 0 Å². The van der Waals surface area contributed by atoms with Crippen LogP contribution in [0.25, 0.3) is 10.8 Å². The third-order valence-electron chi connectivity index (χ3n) is 1.96. The number of hydrogen-bond acceptors (Lipinski definition) is 0. The van der Waals surface area contributed by atoms with Gasteiger partial charge in [0.05, 0.1) is 0 Å². The molecule has 0 spiro atoms. The van der Waals surface area contributed by atoms with Crippen LogP contribution in [-0.2, 0) is 0 Å². The fourth-order valence-electron chi connectivity index (χ4n) is 1.33. The highest BCUT2D eigenvalue weighted by Crippen LogP contribution is 2.39. The van der Waals surface area contributed by atoms with Gasteiger partial charge in [0, 0.05) is 29.8 Å². The highest BCUT2D eigenvalue weighted by Gasteiger charge is 2.09. The van der Waals surface area contributed by atoms with Crippen molar-refractivity contribution in [1.29, 1.82) is 0 Å². The Kier molecular flexibility index (Phi) is 3.08. The highest BCUT2D eigenvalue weighted by atomic mass is 79.9. The molecule has 0 aliphatic carbocycles. The first-order chi connectivity index (χ1) is 6.61. The summed E-state index contributed by atoms with van der Waals surface area (Å²) in [6.45, 7) is 0. The fraction of sp³-hybridized carbons (Fsp3) is 0. The molecule has 2 aromatic rings. The van der Waals surface area contributed by atoms with Crippen LogP contribution in [0, 0.1) is 0 Å². The molecule has 14 heavy (non-hydrogen) atoms. The van der Waals surface area contributed by atoms with Crippen LogP contribution in [0.4, 0.5) is 0 Å². The van der Waals surface area contributed by atoms with E-state index in [0.29, 0.717) is 10.0 Å². The van der Waals surface area contributed by atoms with Crippen LogP contribution in [-0.4, -0.2) is 0 Å². The van der Waals surface area contributed by atoms with Crippen molar-refractivity contribution in [3.63, 3.8) is 0 Å². The van der Waals surface area contributed by atoms with Gasteiger partial charge in [-0.3, -0.25) is 0 Å². The molecule has 0 radical (unpaired) electrons. The molecule has 0 amide bonds. The lowest BCUT2D eigenvalue weighted by molar-refractivity contribution is 1.67. The number of rotatable bonds is 0. The van der Waals surface area contributed by atoms with Crippen LogP contribution in [0.2, 0.25) is 10.0 Å². The van der Waals surface area contributed by atoms with Crippen molar-refractivity contribution in [2.24, 2.45) is 0 Å². The summed E-state index contributed by atoms with van der Waals surface area (Å²) in [5, 5.41) is 3.26. The molecule has 0 fully saturated rings. The summed E-state index contributed by atoms with van der Waals surface area (Å²) in [5.74, 6) is 0. The molecule has 72 valence electrons. The van der Waals surface area contributed by atoms with Crippen molar-refractivity contribution in [1.82, 2.24) is 0 Å². The van der Waals surface area contributed by atoms with Gasteiger partial charge in [-0.05, 0) is 24.3 Å². The van der Waals surface area contributed by atoms with Crippen LogP contribution in [0.5, 0.6) is 0 Å². The summed E-state index contributed by atoms with van der Waals surface area (Å²) < 4.78 is 1.89. The van der Waals surface area contributed by atoms with Crippen LogP contribution in [0.1, 0.15) is 0 Å². The molecule has 4 heteroatoms. The second-order valence-electron chi connectivity index (χ2n) is 2.81. The maximum absolute atomic E-state index is 6.10. The van der Waals surface area contributed by atoms with E-state index >= 15 is 0 Å². The van der Waals surface area contributed by atoms with Crippen molar-refractivity contribution < 1.29 is 0 Å². The van der Waals surface area contributed by atoms with E-state index in [1.54, 1.807) is 0 Å². The zero-order valence-electron chi connectivity index (χ0n) is 6.82. The highest BCUT2D eigenvalue weighted by molar-refractivity contribution is 9.11. The standard InChI is InChI=1S/C10H4Br2Cl2/c11-5-1-3-7(13)10-6(12)2-4-8(14)9(5)10/h1-4H. The summed E-state index contributed by atoms with van der Waals surface area (Å²) in [5.41, 5.74) is 0. The van der Waals surface area contributed by atoms with E-state index < -0.39 is 0 Å². The summed E-state index contributed by atoms with van der Waals surface area (Å²) in [4.78, 5) is 0. The molecule has 0 aliphatic rings. The first-order valence-corrected chi connectivity index (χ1v) is 6.17. The van der Waals surface area contributed by atoms with Gasteiger partial charge in [-0.15, -0.1) is 0 Å². The van der Waals surface area contributed by atoms with E-state index in [2.05, 4.69) is 31.9 Å². The lowest BCUT2D eigenvalue weighted by Crippen LogP contribution is -1.80. The normalized spacial score (nSPS) is 10.9. The molecule has 0 saturated carbocycles. The van der Waals surface area contributed by atoms with Crippen molar-refractivity contribution in [2.75, 3.05) is 0 Å². The number of halogens is 4. The lowest BCUT2D eigenvalue weighted by atomic mass is 10.1. The molecule has 0 nitrogen and oxygen atoms in total. The van der Waals surface area contributed by atoms with E-state index in [0.717, 1.165) is 19.7 Å². The first kappa shape index (κ1) is 10.7. The molecule has 0 saturated heterocycles. The average Bonchev–Trinajstić information content (AvgIpc) is 2.16. The third-order valence-corrected chi connectivity index (χ3v) is 3.91. The van der Waals surface area contributed by atoms with Gasteiger partial charge in [-0.2, -0.15) is 0 Å². The predicted octanol–water partition coefficient (Wildman–Crippen LogP) is 5.67. The largest absolute Gasteiger partial charge is 0.0836 e. The zero-order valence-corrected chi connectivity index (χ0v) is 11.5. The van der Waals surface area contributed by atoms with Gasteiger partial charge in [-0.1, -0.05) is 55.1 Å². The predicted molar refractivity (Wildman–Crippen MR) is 69.4 cm³/mol. The molecular weight excluding hydrogens is 351 g/mol. The Morgan fingerprint density at radius 3 is 1.43 bits per heavy atom. The average molecular weight is 355 g/mol. The maximum Gasteiger partial charge on any atom is 0.0497 e. The number of benzene rings is 2. The van der Waals surface area contributed by atoms with E-state index in [4.69, 9.17) is 23.2 Å². The van der Waals surface area contributed by atoms with Gasteiger partial charge in [0.2, 0.25) is 0 Å². The zero-order chi connectivity index (χ0) is 10.3. The second-order valence-corrected chi connectivity index (χ2v) is 5.33. The van der Waals surface area contributed by atoms with E-state index in [9.17, 15) is 0 Å². The smallest absolute Gasteiger partial charge is 0.0497 e. The minimum absolute atomic E-state index is 0.692. The van der Waals surface area contributed by atoms with E-state index in [1.807, 2.05) is 24.3 Å². The molecule has 0 unspecified atom stereocenters.